The van der Waals surface area contributed by atoms with Gasteiger partial charge >= 0.3 is 0 Å². The van der Waals surface area contributed by atoms with E-state index in [4.69, 9.17) is 4.74 Å². The van der Waals surface area contributed by atoms with Crippen molar-refractivity contribution in [3.8, 4) is 5.75 Å². The molecule has 0 bridgehead atoms. The van der Waals surface area contributed by atoms with Gasteiger partial charge in [-0.3, -0.25) is 4.79 Å². The summed E-state index contributed by atoms with van der Waals surface area (Å²) in [6, 6.07) is 17.9. The summed E-state index contributed by atoms with van der Waals surface area (Å²) < 4.78 is 22.2. The normalized spacial score (nSPS) is 11.6. The Morgan fingerprint density at radius 2 is 1.90 bits per heavy atom. The number of Topliss-reactive ketones (excluding diaryl/α,β-unsaturated/α-hetero) is 1. The van der Waals surface area contributed by atoms with Gasteiger partial charge < -0.3 is 9.14 Å². The van der Waals surface area contributed by atoms with Crippen molar-refractivity contribution in [2.45, 2.75) is 32.3 Å². The van der Waals surface area contributed by atoms with E-state index in [9.17, 15) is 9.18 Å². The van der Waals surface area contributed by atoms with Crippen LogP contribution in [0, 0.1) is 5.82 Å². The monoisotopic (exact) mass is 402 g/mol. The van der Waals surface area contributed by atoms with Gasteiger partial charge in [-0.25, -0.2) is 9.37 Å². The Kier molecular flexibility index (Phi) is 5.36. The number of carbonyl (C=O) groups is 1. The number of carbonyl (C=O) groups excluding carboxylic acids is 1. The lowest BCUT2D eigenvalue weighted by Gasteiger charge is -2.27. The predicted molar refractivity (Wildman–Crippen MR) is 114 cm³/mol. The highest BCUT2D eigenvalue weighted by Gasteiger charge is 2.26. The van der Waals surface area contributed by atoms with Gasteiger partial charge in [0.25, 0.3) is 0 Å². The van der Waals surface area contributed by atoms with E-state index < -0.39 is 5.60 Å². The molecule has 4 rings (SSSR count). The van der Waals surface area contributed by atoms with Crippen LogP contribution in [0.25, 0.3) is 5.65 Å². The maximum Gasteiger partial charge on any atom is 0.163 e. The number of fused-ring (bicyclic) bond motifs is 1. The zero-order chi connectivity index (χ0) is 21.1. The van der Waals surface area contributed by atoms with Crippen molar-refractivity contribution in [1.29, 1.82) is 0 Å². The van der Waals surface area contributed by atoms with Crippen LogP contribution < -0.4 is 4.74 Å². The minimum absolute atomic E-state index is 0.0681. The van der Waals surface area contributed by atoms with Crippen molar-refractivity contribution in [3.63, 3.8) is 0 Å². The number of ketones is 1. The SMILES string of the molecule is CC(C)(Oc1cccc(CCC(=O)c2ccn3ccnc3c2)c1)c1ccccc1F. The second-order valence-corrected chi connectivity index (χ2v) is 7.77. The zero-order valence-corrected chi connectivity index (χ0v) is 17.0. The molecule has 0 aliphatic carbocycles. The topological polar surface area (TPSA) is 43.6 Å². The molecule has 0 saturated heterocycles. The molecule has 0 radical (unpaired) electrons. The molecule has 30 heavy (non-hydrogen) atoms. The number of hydrogen-bond acceptors (Lipinski definition) is 3. The van der Waals surface area contributed by atoms with E-state index in [2.05, 4.69) is 4.98 Å². The second-order valence-electron chi connectivity index (χ2n) is 7.77. The first kappa shape index (κ1) is 19.8. The van der Waals surface area contributed by atoms with Crippen molar-refractivity contribution in [2.24, 2.45) is 0 Å². The van der Waals surface area contributed by atoms with Crippen LogP contribution in [0.5, 0.6) is 5.75 Å². The number of nitrogens with zero attached hydrogens (tertiary/aromatic N) is 2. The molecule has 0 N–H and O–H groups in total. The Balaban J connectivity index is 1.44. The minimum Gasteiger partial charge on any atom is -0.483 e. The van der Waals surface area contributed by atoms with Gasteiger partial charge in [0.2, 0.25) is 0 Å². The largest absolute Gasteiger partial charge is 0.483 e. The summed E-state index contributed by atoms with van der Waals surface area (Å²) in [5.74, 6) is 0.421. The summed E-state index contributed by atoms with van der Waals surface area (Å²) in [6.07, 6.45) is 6.37. The number of ether oxygens (including phenoxy) is 1. The molecule has 2 heterocycles. The van der Waals surface area contributed by atoms with E-state index in [1.165, 1.54) is 6.07 Å². The maximum absolute atomic E-state index is 14.2. The first-order valence-electron chi connectivity index (χ1n) is 9.91. The average Bonchev–Trinajstić information content (AvgIpc) is 3.20. The number of aryl methyl sites for hydroxylation is 1. The molecule has 5 heteroatoms. The number of halogens is 1. The highest BCUT2D eigenvalue weighted by molar-refractivity contribution is 5.96. The molecular weight excluding hydrogens is 379 g/mol. The predicted octanol–water partition coefficient (Wildman–Crippen LogP) is 5.60. The molecule has 0 saturated carbocycles. The van der Waals surface area contributed by atoms with Crippen LogP contribution in [-0.2, 0) is 12.0 Å². The summed E-state index contributed by atoms with van der Waals surface area (Å²) in [6.45, 7) is 3.68. The second kappa shape index (κ2) is 8.11. The van der Waals surface area contributed by atoms with Crippen LogP contribution in [-0.4, -0.2) is 15.2 Å². The summed E-state index contributed by atoms with van der Waals surface area (Å²) in [4.78, 5) is 16.8. The van der Waals surface area contributed by atoms with Crippen molar-refractivity contribution in [2.75, 3.05) is 0 Å². The van der Waals surface area contributed by atoms with Crippen molar-refractivity contribution in [1.82, 2.24) is 9.38 Å². The molecule has 152 valence electrons. The Morgan fingerprint density at radius 1 is 1.07 bits per heavy atom. The van der Waals surface area contributed by atoms with E-state index in [1.54, 1.807) is 30.5 Å². The number of benzene rings is 2. The van der Waals surface area contributed by atoms with Crippen LogP contribution in [0.2, 0.25) is 0 Å². The van der Waals surface area contributed by atoms with E-state index in [0.29, 0.717) is 29.7 Å². The van der Waals surface area contributed by atoms with Crippen LogP contribution >= 0.6 is 0 Å². The molecule has 0 aliphatic heterocycles. The van der Waals surface area contributed by atoms with E-state index >= 15 is 0 Å². The number of imidazole rings is 1. The van der Waals surface area contributed by atoms with E-state index in [1.807, 2.05) is 61.0 Å². The standard InChI is InChI=1S/C25H23FN2O2/c1-25(2,21-8-3-4-9-22(21)26)30-20-7-5-6-18(16-20)10-11-23(29)19-12-14-28-15-13-27-24(28)17-19/h3-9,12-17H,10-11H2,1-2H3. The molecule has 0 spiro atoms. The Labute approximate surface area is 175 Å². The maximum atomic E-state index is 14.2. The Morgan fingerprint density at radius 3 is 2.73 bits per heavy atom. The van der Waals surface area contributed by atoms with Crippen molar-refractivity contribution >= 4 is 11.4 Å². The lowest BCUT2D eigenvalue weighted by atomic mass is 9.97. The molecule has 0 aliphatic rings. The molecule has 2 aromatic heterocycles. The quantitative estimate of drug-likeness (QED) is 0.378. The lowest BCUT2D eigenvalue weighted by molar-refractivity contribution is 0.0980. The molecule has 0 atom stereocenters. The van der Waals surface area contributed by atoms with Gasteiger partial charge in [0.1, 0.15) is 22.8 Å². The van der Waals surface area contributed by atoms with Crippen molar-refractivity contribution < 1.29 is 13.9 Å². The van der Waals surface area contributed by atoms with Gasteiger partial charge in [0.15, 0.2) is 5.78 Å². The van der Waals surface area contributed by atoms with Gasteiger partial charge in [0, 0.05) is 36.1 Å². The van der Waals surface area contributed by atoms with Crippen LogP contribution in [0.1, 0.15) is 41.8 Å². The van der Waals surface area contributed by atoms with Gasteiger partial charge in [-0.2, -0.15) is 0 Å². The first-order chi connectivity index (χ1) is 14.4. The van der Waals surface area contributed by atoms with Crippen LogP contribution in [0.4, 0.5) is 4.39 Å². The Hall–Kier alpha value is -3.47. The fourth-order valence-electron chi connectivity index (χ4n) is 3.55. The molecule has 0 unspecified atom stereocenters. The lowest BCUT2D eigenvalue weighted by Crippen LogP contribution is -2.26. The van der Waals surface area contributed by atoms with E-state index in [0.717, 1.165) is 11.2 Å². The van der Waals surface area contributed by atoms with Crippen LogP contribution in [0.3, 0.4) is 0 Å². The summed E-state index contributed by atoms with van der Waals surface area (Å²) in [5, 5.41) is 0. The number of rotatable bonds is 7. The van der Waals surface area contributed by atoms with Crippen molar-refractivity contribution in [3.05, 3.63) is 102 Å². The number of pyridine rings is 1. The third-order valence-corrected chi connectivity index (χ3v) is 5.15. The number of hydrogen-bond donors (Lipinski definition) is 0. The highest BCUT2D eigenvalue weighted by atomic mass is 19.1. The van der Waals surface area contributed by atoms with Crippen LogP contribution in [0.15, 0.2) is 79.3 Å². The molecule has 2 aromatic carbocycles. The van der Waals surface area contributed by atoms with Gasteiger partial charge in [0.05, 0.1) is 0 Å². The zero-order valence-electron chi connectivity index (χ0n) is 17.0. The third kappa shape index (κ3) is 4.25. The number of aromatic nitrogens is 2. The highest BCUT2D eigenvalue weighted by Crippen LogP contribution is 2.30. The smallest absolute Gasteiger partial charge is 0.163 e. The fourth-order valence-corrected chi connectivity index (χ4v) is 3.55. The molecule has 0 amide bonds. The average molecular weight is 402 g/mol. The Bertz CT molecular complexity index is 1200. The van der Waals surface area contributed by atoms with Gasteiger partial charge in [-0.15, -0.1) is 0 Å². The first-order valence-corrected chi connectivity index (χ1v) is 9.91. The molecule has 0 fully saturated rings. The van der Waals surface area contributed by atoms with Gasteiger partial charge in [-0.1, -0.05) is 30.3 Å². The molecule has 4 nitrogen and oxygen atoms in total. The summed E-state index contributed by atoms with van der Waals surface area (Å²) in [7, 11) is 0. The summed E-state index contributed by atoms with van der Waals surface area (Å²) in [5.41, 5.74) is 2.08. The molecular formula is C25H23FN2O2. The summed E-state index contributed by atoms with van der Waals surface area (Å²) >= 11 is 0. The fraction of sp³-hybridized carbons (Fsp3) is 0.200. The van der Waals surface area contributed by atoms with E-state index in [-0.39, 0.29) is 11.6 Å². The van der Waals surface area contributed by atoms with Gasteiger partial charge in [-0.05, 0) is 56.2 Å². The molecule has 4 aromatic rings. The minimum atomic E-state index is -0.820. The third-order valence-electron chi connectivity index (χ3n) is 5.15.